The van der Waals surface area contributed by atoms with Crippen molar-refractivity contribution in [2.75, 3.05) is 20.6 Å². The number of nitrogens with zero attached hydrogens (tertiary/aromatic N) is 1. The van der Waals surface area contributed by atoms with Crippen LogP contribution in [0.5, 0.6) is 0 Å². The maximum atomic E-state index is 10.4. The summed E-state index contributed by atoms with van der Waals surface area (Å²) in [5.74, 6) is 0. The number of rotatable bonds is 6. The number of aliphatic hydroxyl groups excluding tert-OH is 1. The first kappa shape index (κ1) is 16.5. The molecule has 0 radical (unpaired) electrons. The zero-order valence-electron chi connectivity index (χ0n) is 13.7. The molecule has 0 heterocycles. The number of likely N-dealkylation sites (N-methyl/N-ethyl adjacent to an activating group) is 1. The Bertz CT molecular complexity index is 597. The molecule has 0 fully saturated rings. The molecule has 0 bridgehead atoms. The second-order valence-electron chi connectivity index (χ2n) is 6.04. The summed E-state index contributed by atoms with van der Waals surface area (Å²) in [6.45, 7) is 3.00. The van der Waals surface area contributed by atoms with Crippen LogP contribution in [0, 0.1) is 6.92 Å². The summed E-state index contributed by atoms with van der Waals surface area (Å²) in [6.07, 6.45) is 4.44. The third-order valence-corrected chi connectivity index (χ3v) is 3.65. The van der Waals surface area contributed by atoms with Gasteiger partial charge in [-0.3, -0.25) is 0 Å². The van der Waals surface area contributed by atoms with Crippen molar-refractivity contribution < 1.29 is 5.11 Å². The lowest BCUT2D eigenvalue weighted by atomic mass is 9.99. The highest BCUT2D eigenvalue weighted by atomic mass is 16.3. The summed E-state index contributed by atoms with van der Waals surface area (Å²) in [7, 11) is 4.10. The van der Waals surface area contributed by atoms with Crippen LogP contribution in [0.15, 0.2) is 54.6 Å². The maximum Gasteiger partial charge on any atom is 0.0830 e. The van der Waals surface area contributed by atoms with E-state index >= 15 is 0 Å². The van der Waals surface area contributed by atoms with E-state index < -0.39 is 6.10 Å². The molecule has 1 atom stereocenters. The minimum atomic E-state index is -0.456. The van der Waals surface area contributed by atoms with E-state index in [-0.39, 0.29) is 0 Å². The predicted octanol–water partition coefficient (Wildman–Crippen LogP) is 3.85. The second-order valence-corrected chi connectivity index (χ2v) is 6.04. The molecular formula is C20H25NO. The molecule has 0 saturated heterocycles. The van der Waals surface area contributed by atoms with Crippen molar-refractivity contribution in [2.24, 2.45) is 0 Å². The van der Waals surface area contributed by atoms with Crippen LogP contribution in [0.1, 0.15) is 28.4 Å². The average Bonchev–Trinajstić information content (AvgIpc) is 2.50. The Kier molecular flexibility index (Phi) is 5.93. The van der Waals surface area contributed by atoms with Crippen LogP contribution >= 0.6 is 0 Å². The van der Waals surface area contributed by atoms with Crippen LogP contribution in [-0.4, -0.2) is 30.6 Å². The number of hydrogen-bond acceptors (Lipinski definition) is 2. The average molecular weight is 295 g/mol. The molecule has 0 amide bonds. The Morgan fingerprint density at radius 1 is 1.00 bits per heavy atom. The van der Waals surface area contributed by atoms with Gasteiger partial charge in [-0.05, 0) is 37.7 Å². The minimum Gasteiger partial charge on any atom is -0.388 e. The van der Waals surface area contributed by atoms with E-state index in [2.05, 4.69) is 74.5 Å². The number of benzene rings is 2. The molecule has 1 N–H and O–H groups in total. The molecule has 0 aliphatic heterocycles. The molecule has 0 aromatic heterocycles. The second kappa shape index (κ2) is 7.92. The van der Waals surface area contributed by atoms with Crippen LogP contribution in [0.25, 0.3) is 6.08 Å². The van der Waals surface area contributed by atoms with Crippen LogP contribution in [0.2, 0.25) is 0 Å². The van der Waals surface area contributed by atoms with Crippen LogP contribution in [0.3, 0.4) is 0 Å². The first-order valence-electron chi connectivity index (χ1n) is 7.69. The van der Waals surface area contributed by atoms with Gasteiger partial charge in [0.05, 0.1) is 6.10 Å². The molecule has 0 saturated carbocycles. The smallest absolute Gasteiger partial charge is 0.0830 e. The third-order valence-electron chi connectivity index (χ3n) is 3.65. The van der Waals surface area contributed by atoms with E-state index in [9.17, 15) is 5.11 Å². The van der Waals surface area contributed by atoms with E-state index in [0.29, 0.717) is 6.42 Å². The van der Waals surface area contributed by atoms with Gasteiger partial charge >= 0.3 is 0 Å². The molecule has 2 heteroatoms. The zero-order chi connectivity index (χ0) is 15.9. The number of aliphatic hydroxyl groups is 1. The fourth-order valence-electron chi connectivity index (χ4n) is 2.29. The zero-order valence-corrected chi connectivity index (χ0v) is 13.7. The predicted molar refractivity (Wildman–Crippen MR) is 93.9 cm³/mol. The van der Waals surface area contributed by atoms with E-state index in [1.54, 1.807) is 0 Å². The van der Waals surface area contributed by atoms with Gasteiger partial charge in [-0.25, -0.2) is 0 Å². The molecule has 116 valence electrons. The lowest BCUT2D eigenvalue weighted by molar-refractivity contribution is 0.178. The van der Waals surface area contributed by atoms with E-state index in [0.717, 1.165) is 23.2 Å². The fraction of sp³-hybridized carbons (Fsp3) is 0.300. The van der Waals surface area contributed by atoms with Crippen molar-refractivity contribution in [1.82, 2.24) is 4.90 Å². The van der Waals surface area contributed by atoms with Gasteiger partial charge in [0, 0.05) is 13.0 Å². The molecule has 0 spiro atoms. The first-order valence-corrected chi connectivity index (χ1v) is 7.69. The van der Waals surface area contributed by atoms with E-state index in [1.165, 1.54) is 5.56 Å². The van der Waals surface area contributed by atoms with Gasteiger partial charge in [0.15, 0.2) is 0 Å². The SMILES string of the molecule is Cc1ccc(CC(O)c2ccc(/C=C/CN(C)C)cc2)cc1. The summed E-state index contributed by atoms with van der Waals surface area (Å²) >= 11 is 0. The van der Waals surface area contributed by atoms with Crippen molar-refractivity contribution in [1.29, 1.82) is 0 Å². The molecule has 2 aromatic carbocycles. The Balaban J connectivity index is 1.97. The van der Waals surface area contributed by atoms with Crippen LogP contribution < -0.4 is 0 Å². The van der Waals surface area contributed by atoms with Gasteiger partial charge in [-0.15, -0.1) is 0 Å². The largest absolute Gasteiger partial charge is 0.388 e. The van der Waals surface area contributed by atoms with Crippen LogP contribution in [0.4, 0.5) is 0 Å². The van der Waals surface area contributed by atoms with Crippen molar-refractivity contribution in [3.63, 3.8) is 0 Å². The maximum absolute atomic E-state index is 10.4. The van der Waals surface area contributed by atoms with Gasteiger partial charge in [0.2, 0.25) is 0 Å². The summed E-state index contributed by atoms with van der Waals surface area (Å²) in [6, 6.07) is 16.5. The third kappa shape index (κ3) is 5.14. The van der Waals surface area contributed by atoms with Crippen molar-refractivity contribution in [3.8, 4) is 0 Å². The number of aryl methyl sites for hydroxylation is 1. The highest BCUT2D eigenvalue weighted by molar-refractivity contribution is 5.50. The van der Waals surface area contributed by atoms with E-state index in [1.807, 2.05) is 12.1 Å². The number of hydrogen-bond donors (Lipinski definition) is 1. The quantitative estimate of drug-likeness (QED) is 0.875. The first-order chi connectivity index (χ1) is 10.5. The Morgan fingerprint density at radius 3 is 2.23 bits per heavy atom. The van der Waals surface area contributed by atoms with Crippen molar-refractivity contribution in [3.05, 3.63) is 76.9 Å². The molecule has 1 unspecified atom stereocenters. The summed E-state index contributed by atoms with van der Waals surface area (Å²) < 4.78 is 0. The highest BCUT2D eigenvalue weighted by Gasteiger charge is 2.08. The van der Waals surface area contributed by atoms with Crippen molar-refractivity contribution in [2.45, 2.75) is 19.4 Å². The summed E-state index contributed by atoms with van der Waals surface area (Å²) in [5, 5.41) is 10.4. The van der Waals surface area contributed by atoms with Gasteiger partial charge in [0.25, 0.3) is 0 Å². The monoisotopic (exact) mass is 295 g/mol. The fourth-order valence-corrected chi connectivity index (χ4v) is 2.29. The van der Waals surface area contributed by atoms with Gasteiger partial charge in [-0.2, -0.15) is 0 Å². The molecule has 2 nitrogen and oxygen atoms in total. The standard InChI is InChI=1S/C20H25NO/c1-16-6-8-18(9-7-16)15-20(22)19-12-10-17(11-13-19)5-4-14-21(2)3/h4-13,20,22H,14-15H2,1-3H3/b5-4+. The Morgan fingerprint density at radius 2 is 1.64 bits per heavy atom. The van der Waals surface area contributed by atoms with Gasteiger partial charge in [0.1, 0.15) is 0 Å². The molecular weight excluding hydrogens is 270 g/mol. The molecule has 2 rings (SSSR count). The minimum absolute atomic E-state index is 0.456. The Labute approximate surface area is 133 Å². The normalized spacial score (nSPS) is 13.0. The summed E-state index contributed by atoms with van der Waals surface area (Å²) in [4.78, 5) is 2.12. The molecule has 2 aromatic rings. The molecule has 0 aliphatic rings. The molecule has 22 heavy (non-hydrogen) atoms. The van der Waals surface area contributed by atoms with Gasteiger partial charge < -0.3 is 10.0 Å². The van der Waals surface area contributed by atoms with E-state index in [4.69, 9.17) is 0 Å². The van der Waals surface area contributed by atoms with Crippen molar-refractivity contribution >= 4 is 6.08 Å². The highest BCUT2D eigenvalue weighted by Crippen LogP contribution is 2.19. The lowest BCUT2D eigenvalue weighted by Gasteiger charge is -2.11. The van der Waals surface area contributed by atoms with Crippen LogP contribution in [-0.2, 0) is 6.42 Å². The molecule has 0 aliphatic carbocycles. The topological polar surface area (TPSA) is 23.5 Å². The van der Waals surface area contributed by atoms with Gasteiger partial charge in [-0.1, -0.05) is 66.2 Å². The summed E-state index contributed by atoms with van der Waals surface area (Å²) in [5.41, 5.74) is 4.53. The Hall–Kier alpha value is -1.90. The lowest BCUT2D eigenvalue weighted by Crippen LogP contribution is -2.10.